The van der Waals surface area contributed by atoms with Crippen molar-refractivity contribution in [3.63, 3.8) is 0 Å². The molecule has 1 unspecified atom stereocenters. The lowest BCUT2D eigenvalue weighted by molar-refractivity contribution is -0.121. The van der Waals surface area contributed by atoms with E-state index in [1.165, 1.54) is 25.1 Å². The van der Waals surface area contributed by atoms with Crippen LogP contribution >= 0.6 is 0 Å². The number of nitrogens with one attached hydrogen (secondary N) is 2. The molecule has 0 heterocycles. The normalized spacial score (nSPS) is 14.4. The van der Waals surface area contributed by atoms with E-state index in [9.17, 15) is 23.5 Å². The van der Waals surface area contributed by atoms with E-state index < -0.39 is 23.8 Å². The molecular weight excluding hydrogens is 378 g/mol. The summed E-state index contributed by atoms with van der Waals surface area (Å²) in [5.74, 6) is -2.02. The number of unbranched alkanes of at least 4 members (excludes halogenated alkanes) is 1. The molecular formula is C22H32F2N2O3. The Hall–Kier alpha value is -2.28. The van der Waals surface area contributed by atoms with Gasteiger partial charge in [0.1, 0.15) is 11.6 Å². The second-order valence-electron chi connectivity index (χ2n) is 7.28. The first-order chi connectivity index (χ1) is 13.7. The quantitative estimate of drug-likeness (QED) is 0.462. The predicted octanol–water partition coefficient (Wildman–Crippen LogP) is 3.40. The number of carbonyl (C=O) groups is 2. The highest BCUT2D eigenvalue weighted by atomic mass is 19.1. The zero-order valence-corrected chi connectivity index (χ0v) is 17.4. The summed E-state index contributed by atoms with van der Waals surface area (Å²) in [5, 5.41) is 16.2. The third-order valence-corrected chi connectivity index (χ3v) is 4.47. The monoisotopic (exact) mass is 410 g/mol. The maximum absolute atomic E-state index is 13.5. The Bertz CT molecular complexity index is 674. The number of allylic oxidation sites excluding steroid dienone is 1. The minimum Gasteiger partial charge on any atom is -0.391 e. The lowest BCUT2D eigenvalue weighted by Crippen LogP contribution is -2.47. The van der Waals surface area contributed by atoms with Crippen LogP contribution in [0.15, 0.2) is 30.4 Å². The molecule has 0 aliphatic carbocycles. The molecule has 3 N–H and O–H groups in total. The molecule has 0 aromatic heterocycles. The molecule has 0 spiro atoms. The first-order valence-corrected chi connectivity index (χ1v) is 10.1. The summed E-state index contributed by atoms with van der Waals surface area (Å²) in [5.41, 5.74) is 0.332. The first kappa shape index (κ1) is 24.8. The SMILES string of the molecule is CCCC=CC(=O)NC(CCC)C[C@H](O)[C@H](Cc1cc(F)cc(F)c1)NC(C)=O. The van der Waals surface area contributed by atoms with E-state index in [0.717, 1.165) is 25.3 Å². The van der Waals surface area contributed by atoms with E-state index in [-0.39, 0.29) is 30.7 Å². The highest BCUT2D eigenvalue weighted by Crippen LogP contribution is 2.15. The van der Waals surface area contributed by atoms with E-state index in [1.54, 1.807) is 6.08 Å². The third-order valence-electron chi connectivity index (χ3n) is 4.47. The van der Waals surface area contributed by atoms with E-state index in [1.807, 2.05) is 13.8 Å². The van der Waals surface area contributed by atoms with E-state index in [2.05, 4.69) is 10.6 Å². The van der Waals surface area contributed by atoms with Crippen LogP contribution in [0.2, 0.25) is 0 Å². The molecule has 0 bridgehead atoms. The highest BCUT2D eigenvalue weighted by molar-refractivity contribution is 5.87. The van der Waals surface area contributed by atoms with Gasteiger partial charge in [-0.15, -0.1) is 0 Å². The van der Waals surface area contributed by atoms with Gasteiger partial charge < -0.3 is 15.7 Å². The van der Waals surface area contributed by atoms with Gasteiger partial charge in [0.05, 0.1) is 12.1 Å². The van der Waals surface area contributed by atoms with E-state index >= 15 is 0 Å². The van der Waals surface area contributed by atoms with Gasteiger partial charge >= 0.3 is 0 Å². The molecule has 162 valence electrons. The molecule has 7 heteroatoms. The second-order valence-corrected chi connectivity index (χ2v) is 7.28. The summed E-state index contributed by atoms with van der Waals surface area (Å²) in [6.07, 6.45) is 5.78. The Kier molecular flexibility index (Phi) is 11.1. The molecule has 0 fully saturated rings. The maximum atomic E-state index is 13.5. The van der Waals surface area contributed by atoms with Crippen molar-refractivity contribution in [2.24, 2.45) is 0 Å². The van der Waals surface area contributed by atoms with Crippen LogP contribution in [0.3, 0.4) is 0 Å². The average Bonchev–Trinajstić information content (AvgIpc) is 2.60. The van der Waals surface area contributed by atoms with Crippen LogP contribution in [0, 0.1) is 11.6 Å². The standard InChI is InChI=1S/C22H32F2N2O3/c1-4-6-7-9-22(29)26-19(8-5-2)14-21(28)20(25-15(3)27)12-16-10-17(23)13-18(24)11-16/h7,9-11,13,19-21,28H,4-6,8,12,14H2,1-3H3,(H,25,27)(H,26,29)/t19?,20-,21-/m0/s1. The molecule has 1 aromatic rings. The van der Waals surface area contributed by atoms with Gasteiger partial charge in [-0.2, -0.15) is 0 Å². The number of hydrogen-bond acceptors (Lipinski definition) is 3. The van der Waals surface area contributed by atoms with Crippen molar-refractivity contribution in [1.82, 2.24) is 10.6 Å². The van der Waals surface area contributed by atoms with Crippen LogP contribution < -0.4 is 10.6 Å². The summed E-state index contributed by atoms with van der Waals surface area (Å²) < 4.78 is 27.0. The van der Waals surface area contributed by atoms with Gasteiger partial charge in [0.15, 0.2) is 0 Å². The van der Waals surface area contributed by atoms with Crippen molar-refractivity contribution in [3.8, 4) is 0 Å². The summed E-state index contributed by atoms with van der Waals surface area (Å²) in [6.45, 7) is 5.31. The molecule has 3 atom stereocenters. The van der Waals surface area contributed by atoms with E-state index in [0.29, 0.717) is 12.0 Å². The van der Waals surface area contributed by atoms with Crippen molar-refractivity contribution in [2.75, 3.05) is 0 Å². The summed E-state index contributed by atoms with van der Waals surface area (Å²) in [6, 6.07) is 2.10. The minimum absolute atomic E-state index is 0.0681. The van der Waals surface area contributed by atoms with Crippen LogP contribution in [-0.4, -0.2) is 35.1 Å². The Balaban J connectivity index is 2.85. The highest BCUT2D eigenvalue weighted by Gasteiger charge is 2.25. The van der Waals surface area contributed by atoms with Gasteiger partial charge in [0, 0.05) is 19.0 Å². The Morgan fingerprint density at radius 1 is 1.10 bits per heavy atom. The molecule has 1 aromatic carbocycles. The summed E-state index contributed by atoms with van der Waals surface area (Å²) in [7, 11) is 0. The summed E-state index contributed by atoms with van der Waals surface area (Å²) in [4.78, 5) is 23.6. The van der Waals surface area contributed by atoms with Gasteiger partial charge in [-0.3, -0.25) is 9.59 Å². The van der Waals surface area contributed by atoms with Gasteiger partial charge in [0.2, 0.25) is 11.8 Å². The zero-order valence-electron chi connectivity index (χ0n) is 17.4. The second kappa shape index (κ2) is 13.0. The number of hydrogen-bond donors (Lipinski definition) is 3. The van der Waals surface area contributed by atoms with E-state index in [4.69, 9.17) is 0 Å². The fourth-order valence-electron chi connectivity index (χ4n) is 3.19. The Labute approximate surface area is 171 Å². The molecule has 0 aliphatic rings. The zero-order chi connectivity index (χ0) is 21.8. The third kappa shape index (κ3) is 10.2. The molecule has 0 radical (unpaired) electrons. The van der Waals surface area contributed by atoms with Crippen molar-refractivity contribution in [1.29, 1.82) is 0 Å². The number of aliphatic hydroxyl groups is 1. The Morgan fingerprint density at radius 2 is 1.76 bits per heavy atom. The van der Waals surface area contributed by atoms with Crippen LogP contribution in [0.25, 0.3) is 0 Å². The number of aliphatic hydroxyl groups excluding tert-OH is 1. The molecule has 0 saturated heterocycles. The van der Waals surface area contributed by atoms with Gasteiger partial charge in [0.25, 0.3) is 0 Å². The average molecular weight is 411 g/mol. The van der Waals surface area contributed by atoms with Crippen molar-refractivity contribution < 1.29 is 23.5 Å². The van der Waals surface area contributed by atoms with Crippen molar-refractivity contribution >= 4 is 11.8 Å². The lowest BCUT2D eigenvalue weighted by Gasteiger charge is -2.28. The van der Waals surface area contributed by atoms with Crippen LogP contribution in [0.1, 0.15) is 58.4 Å². The number of rotatable bonds is 12. The molecule has 0 saturated carbocycles. The topological polar surface area (TPSA) is 78.4 Å². The first-order valence-electron chi connectivity index (χ1n) is 10.1. The fourth-order valence-corrected chi connectivity index (χ4v) is 3.19. The van der Waals surface area contributed by atoms with Crippen LogP contribution in [0.5, 0.6) is 0 Å². The van der Waals surface area contributed by atoms with Gasteiger partial charge in [-0.05, 0) is 49.5 Å². The van der Waals surface area contributed by atoms with Crippen LogP contribution in [-0.2, 0) is 16.0 Å². The van der Waals surface area contributed by atoms with Crippen molar-refractivity contribution in [2.45, 2.75) is 77.5 Å². The fraction of sp³-hybridized carbons (Fsp3) is 0.545. The van der Waals surface area contributed by atoms with Gasteiger partial charge in [-0.1, -0.05) is 32.8 Å². The number of carbonyl (C=O) groups excluding carboxylic acids is 2. The minimum atomic E-state index is -0.998. The predicted molar refractivity (Wildman–Crippen MR) is 109 cm³/mol. The smallest absolute Gasteiger partial charge is 0.243 e. The maximum Gasteiger partial charge on any atom is 0.243 e. The number of benzene rings is 1. The lowest BCUT2D eigenvalue weighted by atomic mass is 9.94. The summed E-state index contributed by atoms with van der Waals surface area (Å²) >= 11 is 0. The molecule has 0 aliphatic heterocycles. The number of halogens is 2. The molecule has 29 heavy (non-hydrogen) atoms. The van der Waals surface area contributed by atoms with Crippen LogP contribution in [0.4, 0.5) is 8.78 Å². The molecule has 2 amide bonds. The van der Waals surface area contributed by atoms with Crippen molar-refractivity contribution in [3.05, 3.63) is 47.5 Å². The Morgan fingerprint density at radius 3 is 2.31 bits per heavy atom. The molecule has 5 nitrogen and oxygen atoms in total. The van der Waals surface area contributed by atoms with Gasteiger partial charge in [-0.25, -0.2) is 8.78 Å². The number of amides is 2. The largest absolute Gasteiger partial charge is 0.391 e. The molecule has 1 rings (SSSR count).